The van der Waals surface area contributed by atoms with Gasteiger partial charge in [-0.1, -0.05) is 0 Å². The van der Waals surface area contributed by atoms with Crippen LogP contribution in [0.4, 0.5) is 0 Å². The third-order valence-corrected chi connectivity index (χ3v) is 5.00. The fourth-order valence-corrected chi connectivity index (χ4v) is 3.61. The molecule has 7 nitrogen and oxygen atoms in total. The summed E-state index contributed by atoms with van der Waals surface area (Å²) >= 11 is 0. The normalized spacial score (nSPS) is 27.0. The third-order valence-electron chi connectivity index (χ3n) is 5.00. The van der Waals surface area contributed by atoms with Crippen LogP contribution in [0.25, 0.3) is 0 Å². The van der Waals surface area contributed by atoms with Gasteiger partial charge in [-0.25, -0.2) is 4.98 Å². The first-order valence-electron chi connectivity index (χ1n) is 8.08. The lowest BCUT2D eigenvalue weighted by Gasteiger charge is -2.34. The Morgan fingerprint density at radius 2 is 2.35 bits per heavy atom. The number of carbonyl (C=O) groups is 2. The molecule has 0 unspecified atom stereocenters. The van der Waals surface area contributed by atoms with E-state index in [1.807, 2.05) is 6.92 Å². The van der Waals surface area contributed by atoms with E-state index in [2.05, 4.69) is 4.98 Å². The van der Waals surface area contributed by atoms with E-state index < -0.39 is 5.41 Å². The number of fused-ring (bicyclic) bond motifs is 1. The van der Waals surface area contributed by atoms with Crippen molar-refractivity contribution in [2.24, 2.45) is 17.1 Å². The highest BCUT2D eigenvalue weighted by atomic mass is 16.5. The van der Waals surface area contributed by atoms with Crippen LogP contribution in [0.5, 0.6) is 0 Å². The van der Waals surface area contributed by atoms with E-state index in [0.717, 1.165) is 5.76 Å². The van der Waals surface area contributed by atoms with Crippen molar-refractivity contribution in [3.8, 4) is 0 Å². The van der Waals surface area contributed by atoms with Crippen LogP contribution in [0.3, 0.4) is 0 Å². The number of hydrogen-bond acceptors (Lipinski definition) is 5. The van der Waals surface area contributed by atoms with Crippen molar-refractivity contribution in [3.63, 3.8) is 0 Å². The molecular weight excluding hydrogens is 298 g/mol. The molecular formula is C16H23N3O4. The summed E-state index contributed by atoms with van der Waals surface area (Å²) in [5.41, 5.74) is 5.03. The fourth-order valence-electron chi connectivity index (χ4n) is 3.61. The van der Waals surface area contributed by atoms with Crippen LogP contribution in [0.1, 0.15) is 30.9 Å². The van der Waals surface area contributed by atoms with E-state index in [4.69, 9.17) is 14.9 Å². The van der Waals surface area contributed by atoms with Gasteiger partial charge < -0.3 is 19.8 Å². The minimum absolute atomic E-state index is 0.0205. The summed E-state index contributed by atoms with van der Waals surface area (Å²) < 4.78 is 10.9. The van der Waals surface area contributed by atoms with Crippen molar-refractivity contribution in [1.82, 2.24) is 9.88 Å². The molecule has 0 saturated carbocycles. The van der Waals surface area contributed by atoms with Crippen LogP contribution in [-0.2, 0) is 20.7 Å². The van der Waals surface area contributed by atoms with Crippen LogP contribution in [0.15, 0.2) is 10.6 Å². The Morgan fingerprint density at radius 3 is 3.00 bits per heavy atom. The number of oxazole rings is 1. The van der Waals surface area contributed by atoms with Gasteiger partial charge in [-0.05, 0) is 19.8 Å². The van der Waals surface area contributed by atoms with Crippen LogP contribution in [-0.4, -0.2) is 48.0 Å². The van der Waals surface area contributed by atoms with Crippen LogP contribution < -0.4 is 5.73 Å². The molecule has 7 heteroatoms. The summed E-state index contributed by atoms with van der Waals surface area (Å²) in [6.07, 6.45) is 4.02. The lowest BCUT2D eigenvalue weighted by atomic mass is 9.74. The van der Waals surface area contributed by atoms with Gasteiger partial charge in [-0.3, -0.25) is 9.59 Å². The maximum atomic E-state index is 12.4. The molecule has 2 aliphatic heterocycles. The van der Waals surface area contributed by atoms with Gasteiger partial charge >= 0.3 is 0 Å². The second kappa shape index (κ2) is 6.31. The molecule has 3 heterocycles. The zero-order chi connectivity index (χ0) is 16.4. The number of primary amides is 1. The van der Waals surface area contributed by atoms with Gasteiger partial charge in [0.1, 0.15) is 5.76 Å². The molecule has 0 aromatic carbocycles. The Labute approximate surface area is 135 Å². The molecule has 1 aromatic heterocycles. The molecule has 2 atom stereocenters. The van der Waals surface area contributed by atoms with E-state index in [9.17, 15) is 9.59 Å². The van der Waals surface area contributed by atoms with E-state index >= 15 is 0 Å². The topological polar surface area (TPSA) is 98.7 Å². The molecule has 23 heavy (non-hydrogen) atoms. The van der Waals surface area contributed by atoms with Gasteiger partial charge in [0.05, 0.1) is 18.2 Å². The Balaban J connectivity index is 1.55. The largest absolute Gasteiger partial charge is 0.446 e. The minimum Gasteiger partial charge on any atom is -0.446 e. The van der Waals surface area contributed by atoms with E-state index in [-0.39, 0.29) is 17.7 Å². The zero-order valence-corrected chi connectivity index (χ0v) is 13.4. The van der Waals surface area contributed by atoms with Crippen molar-refractivity contribution in [3.05, 3.63) is 17.8 Å². The maximum Gasteiger partial charge on any atom is 0.225 e. The average Bonchev–Trinajstić information content (AvgIpc) is 3.11. The summed E-state index contributed by atoms with van der Waals surface area (Å²) in [6.45, 7) is 3.86. The first-order chi connectivity index (χ1) is 11.0. The van der Waals surface area contributed by atoms with E-state index in [0.29, 0.717) is 57.9 Å². The molecule has 2 fully saturated rings. The number of nitrogens with two attached hydrogens (primary N) is 1. The highest BCUT2D eigenvalue weighted by molar-refractivity contribution is 5.84. The minimum atomic E-state index is -0.604. The number of amides is 2. The van der Waals surface area contributed by atoms with Crippen LogP contribution in [0, 0.1) is 18.3 Å². The van der Waals surface area contributed by atoms with Crippen molar-refractivity contribution >= 4 is 11.8 Å². The van der Waals surface area contributed by atoms with E-state index in [1.54, 1.807) is 11.1 Å². The monoisotopic (exact) mass is 321 g/mol. The predicted molar refractivity (Wildman–Crippen MR) is 81.3 cm³/mol. The smallest absolute Gasteiger partial charge is 0.225 e. The van der Waals surface area contributed by atoms with Crippen LogP contribution in [0.2, 0.25) is 0 Å². The summed E-state index contributed by atoms with van der Waals surface area (Å²) in [4.78, 5) is 30.3. The molecule has 2 saturated heterocycles. The highest BCUT2D eigenvalue weighted by Gasteiger charge is 2.53. The number of likely N-dealkylation sites (tertiary alicyclic amines) is 1. The van der Waals surface area contributed by atoms with Gasteiger partial charge in [-0.2, -0.15) is 0 Å². The quantitative estimate of drug-likeness (QED) is 0.859. The van der Waals surface area contributed by atoms with Crippen LogP contribution >= 0.6 is 0 Å². The molecule has 2 N–H and O–H groups in total. The third kappa shape index (κ3) is 3.10. The first kappa shape index (κ1) is 16.0. The molecule has 0 spiro atoms. The number of aryl methyl sites for hydroxylation is 2. The number of carbonyl (C=O) groups excluding carboxylic acids is 2. The number of ether oxygens (including phenoxy) is 1. The number of hydrogen-bond donors (Lipinski definition) is 1. The van der Waals surface area contributed by atoms with Crippen molar-refractivity contribution in [1.29, 1.82) is 0 Å². The molecule has 2 aliphatic rings. The Bertz CT molecular complexity index is 600. The number of nitrogens with zero attached hydrogens (tertiary/aromatic N) is 2. The molecule has 0 bridgehead atoms. The molecule has 3 rings (SSSR count). The summed E-state index contributed by atoms with van der Waals surface area (Å²) in [5, 5.41) is 0. The fraction of sp³-hybridized carbons (Fsp3) is 0.688. The second-order valence-corrected chi connectivity index (χ2v) is 6.53. The Hall–Kier alpha value is -1.89. The van der Waals surface area contributed by atoms with Crippen molar-refractivity contribution < 1.29 is 18.7 Å². The maximum absolute atomic E-state index is 12.4. The molecule has 0 aliphatic carbocycles. The Kier molecular flexibility index (Phi) is 4.39. The predicted octanol–water partition coefficient (Wildman–Crippen LogP) is 0.656. The number of rotatable bonds is 5. The molecule has 1 aromatic rings. The standard InChI is InChI=1S/C16H23N3O4/c1-11-7-18-13(23-11)3-2-4-14(20)19-8-12-9-22-6-5-16(12,10-19)15(17)21/h7,12H,2-6,8-10H2,1H3,(H2,17,21)/t12-,16+/m1/s1. The van der Waals surface area contributed by atoms with Gasteiger partial charge in [0, 0.05) is 38.5 Å². The van der Waals surface area contributed by atoms with Crippen molar-refractivity contribution in [2.45, 2.75) is 32.6 Å². The second-order valence-electron chi connectivity index (χ2n) is 6.53. The SMILES string of the molecule is Cc1cnc(CCCC(=O)N2C[C@@H]3COCC[C@]3(C(N)=O)C2)o1. The van der Waals surface area contributed by atoms with Gasteiger partial charge in [-0.15, -0.1) is 0 Å². The lowest BCUT2D eigenvalue weighted by Crippen LogP contribution is -2.48. The van der Waals surface area contributed by atoms with Gasteiger partial charge in [0.15, 0.2) is 5.89 Å². The first-order valence-corrected chi connectivity index (χ1v) is 8.08. The lowest BCUT2D eigenvalue weighted by molar-refractivity contribution is -0.136. The summed E-state index contributed by atoms with van der Waals surface area (Å²) in [5.74, 6) is 1.21. The molecule has 2 amide bonds. The molecule has 0 radical (unpaired) electrons. The Morgan fingerprint density at radius 1 is 1.52 bits per heavy atom. The van der Waals surface area contributed by atoms with Gasteiger partial charge in [0.25, 0.3) is 0 Å². The zero-order valence-electron chi connectivity index (χ0n) is 13.4. The number of aromatic nitrogens is 1. The molecule has 126 valence electrons. The van der Waals surface area contributed by atoms with E-state index in [1.165, 1.54) is 0 Å². The van der Waals surface area contributed by atoms with Gasteiger partial charge in [0.2, 0.25) is 11.8 Å². The summed E-state index contributed by atoms with van der Waals surface area (Å²) in [6, 6.07) is 0. The van der Waals surface area contributed by atoms with Crippen molar-refractivity contribution in [2.75, 3.05) is 26.3 Å². The summed E-state index contributed by atoms with van der Waals surface area (Å²) in [7, 11) is 0. The average molecular weight is 321 g/mol. The highest BCUT2D eigenvalue weighted by Crippen LogP contribution is 2.42.